The van der Waals surface area contributed by atoms with E-state index in [1.165, 1.54) is 0 Å². The Kier molecular flexibility index (Phi) is 1.85. The van der Waals surface area contributed by atoms with Crippen LogP contribution in [0.5, 0.6) is 0 Å². The van der Waals surface area contributed by atoms with Gasteiger partial charge in [0, 0.05) is 18.2 Å². The Hall–Kier alpha value is -1.29. The van der Waals surface area contributed by atoms with Crippen LogP contribution in [0.3, 0.4) is 0 Å². The van der Waals surface area contributed by atoms with E-state index in [1.54, 1.807) is 0 Å². The molecule has 15 heavy (non-hydrogen) atoms. The summed E-state index contributed by atoms with van der Waals surface area (Å²) in [6.07, 6.45) is 1.81. The molecule has 0 aliphatic carbocycles. The van der Waals surface area contributed by atoms with Crippen LogP contribution >= 0.6 is 0 Å². The van der Waals surface area contributed by atoms with E-state index in [-0.39, 0.29) is 5.41 Å². The number of anilines is 2. The maximum absolute atomic E-state index is 5.53. The smallest absolute Gasteiger partial charge is 0.149 e. The molecule has 2 N–H and O–H groups in total. The summed E-state index contributed by atoms with van der Waals surface area (Å²) in [7, 11) is 0. The normalized spacial score (nSPS) is 33.3. The van der Waals surface area contributed by atoms with Crippen LogP contribution in [0.4, 0.5) is 11.5 Å². The van der Waals surface area contributed by atoms with Crippen molar-refractivity contribution in [2.75, 3.05) is 30.4 Å². The quantitative estimate of drug-likeness (QED) is 0.670. The third-order valence-electron chi connectivity index (χ3n) is 3.36. The Balaban J connectivity index is 1.97. The van der Waals surface area contributed by atoms with E-state index in [9.17, 15) is 0 Å². The molecular formula is C11H15N3O. The molecule has 2 aliphatic heterocycles. The first-order valence-corrected chi connectivity index (χ1v) is 5.31. The van der Waals surface area contributed by atoms with E-state index in [4.69, 9.17) is 4.74 Å². The van der Waals surface area contributed by atoms with Crippen molar-refractivity contribution >= 4 is 11.5 Å². The van der Waals surface area contributed by atoms with Crippen molar-refractivity contribution < 1.29 is 4.74 Å². The number of ether oxygens (including phenoxy) is 1. The Morgan fingerprint density at radius 3 is 3.47 bits per heavy atom. The number of aromatic nitrogens is 1. The lowest BCUT2D eigenvalue weighted by Crippen LogP contribution is -2.40. The lowest BCUT2D eigenvalue weighted by molar-refractivity contribution is 0.164. The lowest BCUT2D eigenvalue weighted by atomic mass is 9.85. The zero-order valence-electron chi connectivity index (χ0n) is 8.79. The summed E-state index contributed by atoms with van der Waals surface area (Å²) in [5.41, 5.74) is 1.26. The van der Waals surface area contributed by atoms with Crippen molar-refractivity contribution in [3.63, 3.8) is 0 Å². The molecule has 0 radical (unpaired) electrons. The van der Waals surface area contributed by atoms with Crippen LogP contribution in [0, 0.1) is 5.41 Å². The highest BCUT2D eigenvalue weighted by molar-refractivity contribution is 5.65. The number of nitrogens with zero attached hydrogens (tertiary/aromatic N) is 1. The van der Waals surface area contributed by atoms with Crippen molar-refractivity contribution in [2.24, 2.45) is 5.41 Å². The summed E-state index contributed by atoms with van der Waals surface area (Å²) in [6, 6.07) is 4.37. The van der Waals surface area contributed by atoms with Gasteiger partial charge in [-0.1, -0.05) is 6.92 Å². The van der Waals surface area contributed by atoms with Gasteiger partial charge in [-0.3, -0.25) is 0 Å². The van der Waals surface area contributed by atoms with E-state index < -0.39 is 0 Å². The molecule has 80 valence electrons. The molecular weight excluding hydrogens is 190 g/mol. The van der Waals surface area contributed by atoms with Gasteiger partial charge in [-0.2, -0.15) is 0 Å². The highest BCUT2D eigenvalue weighted by Crippen LogP contribution is 2.35. The van der Waals surface area contributed by atoms with E-state index in [0.29, 0.717) is 6.04 Å². The van der Waals surface area contributed by atoms with Crippen molar-refractivity contribution in [2.45, 2.75) is 13.0 Å². The van der Waals surface area contributed by atoms with Gasteiger partial charge in [-0.05, 0) is 12.1 Å². The van der Waals surface area contributed by atoms with Gasteiger partial charge >= 0.3 is 0 Å². The standard InChI is InChI=1S/C11H15N3O/c1-11-6-13-8-3-2-4-12-10(8)14-9(11)5-15-7-11/h2-4,9,13H,5-7H2,1H3,(H,12,14). The maximum atomic E-state index is 5.53. The van der Waals surface area contributed by atoms with E-state index in [0.717, 1.165) is 31.3 Å². The first-order valence-electron chi connectivity index (χ1n) is 5.31. The maximum Gasteiger partial charge on any atom is 0.149 e. The number of fused-ring (bicyclic) bond motifs is 2. The molecule has 1 saturated heterocycles. The van der Waals surface area contributed by atoms with Crippen LogP contribution in [-0.2, 0) is 4.74 Å². The molecule has 3 heterocycles. The lowest BCUT2D eigenvalue weighted by Gasteiger charge is -2.27. The summed E-state index contributed by atoms with van der Waals surface area (Å²) in [5, 5.41) is 6.90. The predicted octanol–water partition coefficient (Wildman–Crippen LogP) is 1.32. The van der Waals surface area contributed by atoms with Crippen LogP contribution in [0.15, 0.2) is 18.3 Å². The minimum atomic E-state index is 0.167. The van der Waals surface area contributed by atoms with Gasteiger partial charge in [-0.25, -0.2) is 4.98 Å². The van der Waals surface area contributed by atoms with Crippen LogP contribution < -0.4 is 10.6 Å². The second-order valence-electron chi connectivity index (χ2n) is 4.62. The fraction of sp³-hybridized carbons (Fsp3) is 0.545. The average molecular weight is 205 g/mol. The van der Waals surface area contributed by atoms with Crippen LogP contribution in [0.2, 0.25) is 0 Å². The molecule has 0 saturated carbocycles. The van der Waals surface area contributed by atoms with Gasteiger partial charge < -0.3 is 15.4 Å². The molecule has 1 fully saturated rings. The van der Waals surface area contributed by atoms with Gasteiger partial charge in [0.25, 0.3) is 0 Å². The highest BCUT2D eigenvalue weighted by atomic mass is 16.5. The third kappa shape index (κ3) is 1.36. The van der Waals surface area contributed by atoms with Gasteiger partial charge in [0.15, 0.2) is 0 Å². The Morgan fingerprint density at radius 1 is 1.60 bits per heavy atom. The van der Waals surface area contributed by atoms with E-state index in [1.807, 2.05) is 12.3 Å². The van der Waals surface area contributed by atoms with E-state index in [2.05, 4.69) is 28.6 Å². The molecule has 2 unspecified atom stereocenters. The number of hydrogen-bond acceptors (Lipinski definition) is 4. The largest absolute Gasteiger partial charge is 0.381 e. The molecule has 0 bridgehead atoms. The first-order chi connectivity index (χ1) is 7.28. The molecule has 1 aromatic rings. The van der Waals surface area contributed by atoms with Crippen molar-refractivity contribution in [1.82, 2.24) is 4.98 Å². The fourth-order valence-corrected chi connectivity index (χ4v) is 2.23. The Labute approximate surface area is 89.0 Å². The van der Waals surface area contributed by atoms with Crippen molar-refractivity contribution in [1.29, 1.82) is 0 Å². The molecule has 4 nitrogen and oxygen atoms in total. The second-order valence-corrected chi connectivity index (χ2v) is 4.62. The molecule has 1 aromatic heterocycles. The van der Waals surface area contributed by atoms with Crippen LogP contribution in [0.25, 0.3) is 0 Å². The summed E-state index contributed by atoms with van der Waals surface area (Å²) in [5.74, 6) is 0.941. The topological polar surface area (TPSA) is 46.2 Å². The van der Waals surface area contributed by atoms with Gasteiger partial charge in [0.1, 0.15) is 5.82 Å². The summed E-state index contributed by atoms with van der Waals surface area (Å²) in [4.78, 5) is 4.34. The number of nitrogens with one attached hydrogen (secondary N) is 2. The Morgan fingerprint density at radius 2 is 2.53 bits per heavy atom. The molecule has 0 amide bonds. The van der Waals surface area contributed by atoms with E-state index >= 15 is 0 Å². The fourth-order valence-electron chi connectivity index (χ4n) is 2.23. The number of rotatable bonds is 0. The molecule has 3 rings (SSSR count). The molecule has 0 spiro atoms. The first kappa shape index (κ1) is 8.97. The molecule has 4 heteroatoms. The minimum Gasteiger partial charge on any atom is -0.381 e. The summed E-state index contributed by atoms with van der Waals surface area (Å²) < 4.78 is 5.53. The van der Waals surface area contributed by atoms with Crippen LogP contribution in [0.1, 0.15) is 6.92 Å². The van der Waals surface area contributed by atoms with Gasteiger partial charge in [0.2, 0.25) is 0 Å². The SMILES string of the molecule is CC12CNc3cccnc3NC1COC2. The average Bonchev–Trinajstić information content (AvgIpc) is 2.54. The Bertz CT molecular complexity index is 382. The minimum absolute atomic E-state index is 0.167. The number of pyridine rings is 1. The summed E-state index contributed by atoms with van der Waals surface area (Å²) >= 11 is 0. The summed E-state index contributed by atoms with van der Waals surface area (Å²) in [6.45, 7) is 4.76. The second kappa shape index (κ2) is 3.10. The highest BCUT2D eigenvalue weighted by Gasteiger charge is 2.41. The van der Waals surface area contributed by atoms with Crippen LogP contribution in [-0.4, -0.2) is 30.8 Å². The van der Waals surface area contributed by atoms with Crippen molar-refractivity contribution in [3.8, 4) is 0 Å². The molecule has 2 atom stereocenters. The van der Waals surface area contributed by atoms with Crippen molar-refractivity contribution in [3.05, 3.63) is 18.3 Å². The number of hydrogen-bond donors (Lipinski definition) is 2. The zero-order chi connectivity index (χ0) is 10.3. The monoisotopic (exact) mass is 205 g/mol. The zero-order valence-corrected chi connectivity index (χ0v) is 8.79. The molecule has 0 aromatic carbocycles. The predicted molar refractivity (Wildman–Crippen MR) is 59.1 cm³/mol. The van der Waals surface area contributed by atoms with Gasteiger partial charge in [0.05, 0.1) is 24.9 Å². The molecule has 2 aliphatic rings. The third-order valence-corrected chi connectivity index (χ3v) is 3.36. The van der Waals surface area contributed by atoms with Gasteiger partial charge in [-0.15, -0.1) is 0 Å².